The Labute approximate surface area is 77.9 Å². The van der Waals surface area contributed by atoms with Crippen molar-refractivity contribution in [3.63, 3.8) is 0 Å². The van der Waals surface area contributed by atoms with Crippen LogP contribution in [-0.2, 0) is 18.3 Å². The van der Waals surface area contributed by atoms with Crippen LogP contribution >= 0.6 is 7.60 Å². The standard InChI is InChI=1S/C7H15O5P/c1-4-10-7(8)13(9,11-5-2)12-6-3/h4-6H2,1-3H3. The highest BCUT2D eigenvalue weighted by atomic mass is 31.2. The molecule has 78 valence electrons. The molecule has 0 aromatic carbocycles. The average Bonchev–Trinajstić information content (AvgIpc) is 2.05. The summed E-state index contributed by atoms with van der Waals surface area (Å²) in [5, 5.41) is 0. The normalized spacial score (nSPS) is 11.3. The summed E-state index contributed by atoms with van der Waals surface area (Å²) in [4.78, 5) is 11.1. The van der Waals surface area contributed by atoms with Gasteiger partial charge in [-0.1, -0.05) is 0 Å². The van der Waals surface area contributed by atoms with E-state index < -0.39 is 13.3 Å². The molecule has 0 radical (unpaired) electrons. The van der Waals surface area contributed by atoms with Crippen molar-refractivity contribution in [1.29, 1.82) is 0 Å². The molecule has 0 aromatic rings. The zero-order chi connectivity index (χ0) is 10.3. The summed E-state index contributed by atoms with van der Waals surface area (Å²) in [7, 11) is -3.69. The molecule has 0 N–H and O–H groups in total. The first-order valence-electron chi connectivity index (χ1n) is 4.17. The summed E-state index contributed by atoms with van der Waals surface area (Å²) in [6.45, 7) is 5.34. The Morgan fingerprint density at radius 2 is 1.54 bits per heavy atom. The Hall–Kier alpha value is -0.380. The van der Waals surface area contributed by atoms with Crippen LogP contribution in [0, 0.1) is 0 Å². The van der Waals surface area contributed by atoms with E-state index in [2.05, 4.69) is 4.74 Å². The highest BCUT2D eigenvalue weighted by molar-refractivity contribution is 7.71. The Balaban J connectivity index is 4.38. The molecular weight excluding hydrogens is 195 g/mol. The van der Waals surface area contributed by atoms with E-state index in [-0.39, 0.29) is 19.8 Å². The van der Waals surface area contributed by atoms with Crippen LogP contribution < -0.4 is 0 Å². The fraction of sp³-hybridized carbons (Fsp3) is 0.857. The molecule has 0 saturated heterocycles. The van der Waals surface area contributed by atoms with E-state index in [1.807, 2.05) is 0 Å². The SMILES string of the molecule is CCOC(=O)P(=O)(OCC)OCC. The van der Waals surface area contributed by atoms with Crippen molar-refractivity contribution in [2.45, 2.75) is 20.8 Å². The van der Waals surface area contributed by atoms with Gasteiger partial charge in [0.2, 0.25) is 0 Å². The second kappa shape index (κ2) is 6.13. The monoisotopic (exact) mass is 210 g/mol. The van der Waals surface area contributed by atoms with E-state index >= 15 is 0 Å². The molecule has 0 atom stereocenters. The van der Waals surface area contributed by atoms with E-state index in [0.29, 0.717) is 0 Å². The maximum atomic E-state index is 11.6. The van der Waals surface area contributed by atoms with Crippen LogP contribution in [0.1, 0.15) is 20.8 Å². The molecule has 0 heterocycles. The maximum Gasteiger partial charge on any atom is 0.438 e. The van der Waals surface area contributed by atoms with Gasteiger partial charge in [0.15, 0.2) is 0 Å². The molecule has 0 amide bonds. The fourth-order valence-electron chi connectivity index (χ4n) is 0.685. The lowest BCUT2D eigenvalue weighted by atomic mass is 10.9. The molecule has 6 heteroatoms. The number of carbonyl (C=O) groups is 1. The predicted molar refractivity (Wildman–Crippen MR) is 47.9 cm³/mol. The summed E-state index contributed by atoms with van der Waals surface area (Å²) in [5.74, 6) is 0. The zero-order valence-electron chi connectivity index (χ0n) is 8.11. The third-order valence-electron chi connectivity index (χ3n) is 1.09. The van der Waals surface area contributed by atoms with Crippen LogP contribution in [0.2, 0.25) is 0 Å². The molecule has 0 unspecified atom stereocenters. The van der Waals surface area contributed by atoms with E-state index in [1.165, 1.54) is 0 Å². The molecular formula is C7H15O5P. The van der Waals surface area contributed by atoms with Crippen molar-refractivity contribution in [2.75, 3.05) is 19.8 Å². The predicted octanol–water partition coefficient (Wildman–Crippen LogP) is 2.41. The van der Waals surface area contributed by atoms with Crippen LogP contribution in [0.5, 0.6) is 0 Å². The minimum absolute atomic E-state index is 0.149. The number of ether oxygens (including phenoxy) is 1. The van der Waals surface area contributed by atoms with Crippen molar-refractivity contribution >= 4 is 13.3 Å². The van der Waals surface area contributed by atoms with E-state index in [0.717, 1.165) is 0 Å². The minimum Gasteiger partial charge on any atom is -0.457 e. The van der Waals surface area contributed by atoms with Crippen molar-refractivity contribution in [3.8, 4) is 0 Å². The fourth-order valence-corrected chi connectivity index (χ4v) is 1.94. The molecule has 0 aliphatic rings. The molecule has 0 spiro atoms. The lowest BCUT2D eigenvalue weighted by molar-refractivity contribution is 0.153. The van der Waals surface area contributed by atoms with Gasteiger partial charge in [0.05, 0.1) is 19.8 Å². The quantitative estimate of drug-likeness (QED) is 0.630. The molecule has 0 fully saturated rings. The van der Waals surface area contributed by atoms with Crippen LogP contribution in [0.15, 0.2) is 0 Å². The van der Waals surface area contributed by atoms with Crippen LogP contribution in [-0.4, -0.2) is 25.5 Å². The first-order chi connectivity index (χ1) is 6.10. The Bertz CT molecular complexity index is 193. The van der Waals surface area contributed by atoms with E-state index in [9.17, 15) is 9.36 Å². The number of hydrogen-bond donors (Lipinski definition) is 0. The van der Waals surface area contributed by atoms with Gasteiger partial charge in [-0.2, -0.15) is 0 Å². The highest BCUT2D eigenvalue weighted by Crippen LogP contribution is 2.49. The van der Waals surface area contributed by atoms with Crippen LogP contribution in [0.25, 0.3) is 0 Å². The van der Waals surface area contributed by atoms with Gasteiger partial charge in [-0.3, -0.25) is 0 Å². The summed E-state index contributed by atoms with van der Waals surface area (Å²) >= 11 is 0. The van der Waals surface area contributed by atoms with Gasteiger partial charge >= 0.3 is 13.3 Å². The third-order valence-corrected chi connectivity index (χ3v) is 2.86. The Morgan fingerprint density at radius 1 is 1.08 bits per heavy atom. The van der Waals surface area contributed by atoms with Crippen molar-refractivity contribution < 1.29 is 23.1 Å². The molecule has 0 aliphatic carbocycles. The van der Waals surface area contributed by atoms with Gasteiger partial charge in [0.1, 0.15) is 0 Å². The first kappa shape index (κ1) is 12.6. The minimum atomic E-state index is -3.69. The van der Waals surface area contributed by atoms with Crippen LogP contribution in [0.3, 0.4) is 0 Å². The van der Waals surface area contributed by atoms with Gasteiger partial charge in [0.25, 0.3) is 0 Å². The van der Waals surface area contributed by atoms with Gasteiger partial charge in [-0.15, -0.1) is 0 Å². The zero-order valence-corrected chi connectivity index (χ0v) is 9.00. The van der Waals surface area contributed by atoms with Gasteiger partial charge in [-0.05, 0) is 20.8 Å². The highest BCUT2D eigenvalue weighted by Gasteiger charge is 2.35. The van der Waals surface area contributed by atoms with Crippen molar-refractivity contribution in [1.82, 2.24) is 0 Å². The number of rotatable bonds is 6. The lowest BCUT2D eigenvalue weighted by Gasteiger charge is -2.14. The average molecular weight is 210 g/mol. The molecule has 0 aliphatic heterocycles. The molecule has 5 nitrogen and oxygen atoms in total. The molecule has 13 heavy (non-hydrogen) atoms. The van der Waals surface area contributed by atoms with E-state index in [1.54, 1.807) is 20.8 Å². The molecule has 0 rings (SSSR count). The summed E-state index contributed by atoms with van der Waals surface area (Å²) < 4.78 is 25.6. The van der Waals surface area contributed by atoms with Gasteiger partial charge in [0, 0.05) is 0 Å². The van der Waals surface area contributed by atoms with E-state index in [4.69, 9.17) is 9.05 Å². The topological polar surface area (TPSA) is 61.8 Å². The first-order valence-corrected chi connectivity index (χ1v) is 5.71. The third kappa shape index (κ3) is 3.89. The van der Waals surface area contributed by atoms with Gasteiger partial charge in [-0.25, -0.2) is 9.36 Å². The summed E-state index contributed by atoms with van der Waals surface area (Å²) in [6, 6.07) is 0. The summed E-state index contributed by atoms with van der Waals surface area (Å²) in [6.07, 6.45) is 0. The Morgan fingerprint density at radius 3 is 1.85 bits per heavy atom. The largest absolute Gasteiger partial charge is 0.457 e. The molecule has 0 aromatic heterocycles. The Kier molecular flexibility index (Phi) is 5.95. The second-order valence-corrected chi connectivity index (χ2v) is 3.91. The second-order valence-electron chi connectivity index (χ2n) is 2.03. The maximum absolute atomic E-state index is 11.6. The lowest BCUT2D eigenvalue weighted by Crippen LogP contribution is -2.08. The van der Waals surface area contributed by atoms with Crippen molar-refractivity contribution in [2.24, 2.45) is 0 Å². The van der Waals surface area contributed by atoms with Crippen molar-refractivity contribution in [3.05, 3.63) is 0 Å². The molecule has 0 bridgehead atoms. The van der Waals surface area contributed by atoms with Gasteiger partial charge < -0.3 is 13.8 Å². The van der Waals surface area contributed by atoms with Crippen LogP contribution in [0.4, 0.5) is 4.79 Å². The smallest absolute Gasteiger partial charge is 0.438 e. The molecule has 0 saturated carbocycles. The number of carbonyl (C=O) groups excluding carboxylic acids is 1. The summed E-state index contributed by atoms with van der Waals surface area (Å²) in [5.41, 5.74) is -0.918. The number of hydrogen-bond acceptors (Lipinski definition) is 5.